The molecule has 1 N–H and O–H groups in total. The summed E-state index contributed by atoms with van der Waals surface area (Å²) in [6.07, 6.45) is 3.95. The Morgan fingerprint density at radius 2 is 1.76 bits per heavy atom. The van der Waals surface area contributed by atoms with Crippen molar-refractivity contribution in [2.75, 3.05) is 0 Å². The van der Waals surface area contributed by atoms with Crippen LogP contribution in [0.5, 0.6) is 5.75 Å². The van der Waals surface area contributed by atoms with Crippen LogP contribution in [0.4, 0.5) is 8.78 Å². The van der Waals surface area contributed by atoms with Crippen molar-refractivity contribution in [1.29, 1.82) is 0 Å². The van der Waals surface area contributed by atoms with Crippen molar-refractivity contribution in [3.05, 3.63) is 108 Å². The van der Waals surface area contributed by atoms with Crippen molar-refractivity contribution in [3.8, 4) is 5.75 Å². The van der Waals surface area contributed by atoms with Crippen LogP contribution in [-0.4, -0.2) is 16.2 Å². The number of fused-ring (bicyclic) bond motifs is 1. The number of esters is 1. The van der Waals surface area contributed by atoms with Crippen molar-refractivity contribution >= 4 is 28.0 Å². The predicted octanol–water partition coefficient (Wildman–Crippen LogP) is 6.69. The Morgan fingerprint density at radius 3 is 2.47 bits per heavy atom. The Bertz CT molecular complexity index is 1430. The van der Waals surface area contributed by atoms with Gasteiger partial charge < -0.3 is 4.74 Å². The lowest BCUT2D eigenvalue weighted by Gasteiger charge is -2.32. The van der Waals surface area contributed by atoms with Crippen molar-refractivity contribution in [2.45, 2.75) is 19.3 Å². The number of ether oxygens (including phenoxy) is 1. The number of hydrogen-bond acceptors (Lipinski definition) is 3. The highest BCUT2D eigenvalue weighted by atomic mass is 19.1. The van der Waals surface area contributed by atoms with Crippen LogP contribution in [0.2, 0.25) is 0 Å². The molecule has 5 rings (SSSR count). The summed E-state index contributed by atoms with van der Waals surface area (Å²) < 4.78 is 35.2. The third kappa shape index (κ3) is 3.92. The average Bonchev–Trinajstić information content (AvgIpc) is 3.19. The van der Waals surface area contributed by atoms with E-state index in [1.807, 2.05) is 18.2 Å². The van der Waals surface area contributed by atoms with E-state index in [0.717, 1.165) is 30.9 Å². The number of aromatic nitrogens is 2. The lowest BCUT2D eigenvalue weighted by Crippen LogP contribution is -2.16. The van der Waals surface area contributed by atoms with E-state index in [2.05, 4.69) is 16.8 Å². The van der Waals surface area contributed by atoms with Crippen LogP contribution in [0.25, 0.3) is 22.0 Å². The number of halogens is 2. The van der Waals surface area contributed by atoms with E-state index in [4.69, 9.17) is 4.74 Å². The zero-order valence-electron chi connectivity index (χ0n) is 18.4. The minimum atomic E-state index is -0.612. The molecular weight excluding hydrogens is 434 g/mol. The summed E-state index contributed by atoms with van der Waals surface area (Å²) in [5, 5.41) is 6.67. The molecule has 1 heterocycles. The molecule has 6 heteroatoms. The quantitative estimate of drug-likeness (QED) is 0.152. The van der Waals surface area contributed by atoms with Gasteiger partial charge in [0.2, 0.25) is 5.95 Å². The summed E-state index contributed by atoms with van der Waals surface area (Å²) in [7, 11) is 0. The molecule has 1 fully saturated rings. The molecule has 0 amide bonds. The molecule has 4 nitrogen and oxygen atoms in total. The van der Waals surface area contributed by atoms with Gasteiger partial charge in [0.05, 0.1) is 10.9 Å². The maximum atomic E-state index is 15.2. The minimum Gasteiger partial charge on any atom is -0.423 e. The first kappa shape index (κ1) is 21.8. The van der Waals surface area contributed by atoms with E-state index in [-0.39, 0.29) is 11.7 Å². The Balaban J connectivity index is 1.85. The summed E-state index contributed by atoms with van der Waals surface area (Å²) >= 11 is 0. The normalized spacial score (nSPS) is 14.4. The minimum absolute atomic E-state index is 0.111. The van der Waals surface area contributed by atoms with Gasteiger partial charge >= 0.3 is 5.97 Å². The second-order valence-electron chi connectivity index (χ2n) is 8.29. The molecule has 0 spiro atoms. The van der Waals surface area contributed by atoms with Crippen molar-refractivity contribution in [3.63, 3.8) is 0 Å². The van der Waals surface area contributed by atoms with Gasteiger partial charge in [-0.2, -0.15) is 4.39 Å². The highest BCUT2D eigenvalue weighted by molar-refractivity contribution is 6.03. The highest BCUT2D eigenvalue weighted by Crippen LogP contribution is 2.47. The van der Waals surface area contributed by atoms with Gasteiger partial charge in [0.1, 0.15) is 11.6 Å². The van der Waals surface area contributed by atoms with Gasteiger partial charge in [-0.25, -0.2) is 9.18 Å². The number of benzene rings is 3. The largest absolute Gasteiger partial charge is 0.423 e. The lowest BCUT2D eigenvalue weighted by atomic mass is 9.73. The zero-order chi connectivity index (χ0) is 23.7. The van der Waals surface area contributed by atoms with Crippen LogP contribution in [0.15, 0.2) is 79.4 Å². The predicted molar refractivity (Wildman–Crippen MR) is 128 cm³/mol. The number of para-hydroxylation sites is 1. The molecule has 0 saturated heterocycles. The number of rotatable bonds is 6. The molecule has 1 saturated carbocycles. The standard InChI is InChI=1S/C28H22F2N2O2/c1-2-25(33)34-24-13-6-4-11-20(24)27(18-14-15-23-21(16-18)28(30)32-31-23)26(17-8-7-9-17)19-10-3-5-12-22(19)29/h2-6,10-17H,1,7-9H2,(H,31,32)/b27-26-. The fourth-order valence-electron chi connectivity index (χ4n) is 4.44. The molecule has 1 aromatic heterocycles. The highest BCUT2D eigenvalue weighted by Gasteiger charge is 2.30. The topological polar surface area (TPSA) is 55.0 Å². The summed E-state index contributed by atoms with van der Waals surface area (Å²) in [6.45, 7) is 3.48. The van der Waals surface area contributed by atoms with E-state index in [9.17, 15) is 9.18 Å². The third-order valence-electron chi connectivity index (χ3n) is 6.29. The second-order valence-corrected chi connectivity index (χ2v) is 8.29. The Hall–Kier alpha value is -4.06. The van der Waals surface area contributed by atoms with E-state index in [1.165, 1.54) is 6.07 Å². The number of nitrogens with one attached hydrogen (secondary N) is 1. The van der Waals surface area contributed by atoms with Gasteiger partial charge in [0, 0.05) is 17.2 Å². The van der Waals surface area contributed by atoms with Gasteiger partial charge in [-0.15, -0.1) is 5.10 Å². The first-order valence-electron chi connectivity index (χ1n) is 11.1. The van der Waals surface area contributed by atoms with Gasteiger partial charge in [-0.05, 0) is 59.7 Å². The molecule has 0 aliphatic heterocycles. The first-order valence-corrected chi connectivity index (χ1v) is 11.1. The first-order chi connectivity index (χ1) is 16.6. The summed E-state index contributed by atoms with van der Waals surface area (Å²) in [6, 6.07) is 19.1. The van der Waals surface area contributed by atoms with Gasteiger partial charge in [-0.3, -0.25) is 5.10 Å². The van der Waals surface area contributed by atoms with Crippen LogP contribution in [0, 0.1) is 17.7 Å². The van der Waals surface area contributed by atoms with E-state index < -0.39 is 11.9 Å². The molecule has 0 radical (unpaired) electrons. The molecule has 1 aliphatic carbocycles. The number of H-pyrrole nitrogens is 1. The maximum absolute atomic E-state index is 15.2. The van der Waals surface area contributed by atoms with Crippen LogP contribution in [-0.2, 0) is 4.79 Å². The van der Waals surface area contributed by atoms with Crippen LogP contribution >= 0.6 is 0 Å². The Labute approximate surface area is 195 Å². The number of hydrogen-bond donors (Lipinski definition) is 1. The monoisotopic (exact) mass is 456 g/mol. The van der Waals surface area contributed by atoms with Gasteiger partial charge in [0.15, 0.2) is 0 Å². The molecular formula is C28H22F2N2O2. The van der Waals surface area contributed by atoms with Gasteiger partial charge in [-0.1, -0.05) is 55.5 Å². The molecule has 1 aliphatic rings. The van der Waals surface area contributed by atoms with E-state index >= 15 is 4.39 Å². The molecule has 0 unspecified atom stereocenters. The number of carbonyl (C=O) groups is 1. The maximum Gasteiger partial charge on any atom is 0.335 e. The van der Waals surface area contributed by atoms with Crippen LogP contribution in [0.3, 0.4) is 0 Å². The third-order valence-corrected chi connectivity index (χ3v) is 6.29. The van der Waals surface area contributed by atoms with E-state index in [1.54, 1.807) is 42.5 Å². The smallest absolute Gasteiger partial charge is 0.335 e. The van der Waals surface area contributed by atoms with Crippen LogP contribution < -0.4 is 4.74 Å². The van der Waals surface area contributed by atoms with Crippen molar-refractivity contribution in [1.82, 2.24) is 10.2 Å². The second kappa shape index (κ2) is 9.06. The zero-order valence-corrected chi connectivity index (χ0v) is 18.4. The van der Waals surface area contributed by atoms with Crippen molar-refractivity contribution in [2.24, 2.45) is 5.92 Å². The van der Waals surface area contributed by atoms with Gasteiger partial charge in [0.25, 0.3) is 0 Å². The van der Waals surface area contributed by atoms with Crippen molar-refractivity contribution < 1.29 is 18.3 Å². The van der Waals surface area contributed by atoms with Crippen LogP contribution in [0.1, 0.15) is 36.0 Å². The fourth-order valence-corrected chi connectivity index (χ4v) is 4.44. The molecule has 170 valence electrons. The SMILES string of the molecule is C=CC(=O)Oc1ccccc1/C(=C(\c1ccccc1F)C1CCC1)c1ccc2[nH]nc(F)c2c1. The number of allylic oxidation sites excluding steroid dienone is 1. The average molecular weight is 456 g/mol. The Kier molecular flexibility index (Phi) is 5.80. The molecule has 3 aromatic carbocycles. The summed E-state index contributed by atoms with van der Waals surface area (Å²) in [5.74, 6) is -1.11. The summed E-state index contributed by atoms with van der Waals surface area (Å²) in [4.78, 5) is 12.1. The number of carbonyl (C=O) groups excluding carboxylic acids is 1. The lowest BCUT2D eigenvalue weighted by molar-refractivity contribution is -0.128. The fraction of sp³-hybridized carbons (Fsp3) is 0.143. The summed E-state index contributed by atoms with van der Waals surface area (Å²) in [5.41, 5.74) is 3.86. The molecule has 34 heavy (non-hydrogen) atoms. The molecule has 0 atom stereocenters. The molecule has 0 bridgehead atoms. The van der Waals surface area contributed by atoms with E-state index in [0.29, 0.717) is 38.9 Å². The number of aromatic amines is 1. The number of nitrogens with zero attached hydrogens (tertiary/aromatic N) is 1. The Morgan fingerprint density at radius 1 is 1.03 bits per heavy atom. The molecule has 4 aromatic rings.